The zero-order chi connectivity index (χ0) is 20.8. The van der Waals surface area contributed by atoms with Crippen molar-refractivity contribution in [2.45, 2.75) is 13.8 Å². The van der Waals surface area contributed by atoms with Gasteiger partial charge in [0.25, 0.3) is 11.8 Å². The van der Waals surface area contributed by atoms with Crippen LogP contribution in [0.2, 0.25) is 0 Å². The fraction of sp³-hybridized carbons (Fsp3) is 0.174. The van der Waals surface area contributed by atoms with E-state index in [9.17, 15) is 9.59 Å². The smallest absolute Gasteiger partial charge is 0.276 e. The van der Waals surface area contributed by atoms with Crippen molar-refractivity contribution in [1.82, 2.24) is 4.98 Å². The molecule has 0 unspecified atom stereocenters. The number of aromatic nitrogens is 1. The zero-order valence-electron chi connectivity index (χ0n) is 16.7. The van der Waals surface area contributed by atoms with Gasteiger partial charge in [0.2, 0.25) is 0 Å². The number of carbonyl (C=O) groups is 2. The van der Waals surface area contributed by atoms with Crippen LogP contribution >= 0.6 is 0 Å². The van der Waals surface area contributed by atoms with Crippen molar-refractivity contribution in [3.63, 3.8) is 0 Å². The van der Waals surface area contributed by atoms with Gasteiger partial charge < -0.3 is 15.0 Å². The maximum Gasteiger partial charge on any atom is 0.276 e. The number of hydrogen-bond donors (Lipinski definition) is 1. The molecule has 0 aliphatic rings. The maximum atomic E-state index is 13.0. The van der Waals surface area contributed by atoms with E-state index >= 15 is 0 Å². The Morgan fingerprint density at radius 2 is 1.69 bits per heavy atom. The summed E-state index contributed by atoms with van der Waals surface area (Å²) in [4.78, 5) is 31.5. The number of nitrogens with zero attached hydrogens (tertiary/aromatic N) is 2. The van der Waals surface area contributed by atoms with Crippen LogP contribution in [0.15, 0.2) is 66.7 Å². The quantitative estimate of drug-likeness (QED) is 0.682. The van der Waals surface area contributed by atoms with E-state index in [1.54, 1.807) is 54.5 Å². The molecule has 6 nitrogen and oxygen atoms in total. The van der Waals surface area contributed by atoms with Crippen LogP contribution in [-0.4, -0.2) is 30.5 Å². The highest BCUT2D eigenvalue weighted by Gasteiger charge is 2.19. The van der Waals surface area contributed by atoms with Gasteiger partial charge in [-0.15, -0.1) is 0 Å². The summed E-state index contributed by atoms with van der Waals surface area (Å²) in [5.74, 6) is 0.0603. The van der Waals surface area contributed by atoms with E-state index in [0.29, 0.717) is 18.0 Å². The molecule has 1 aromatic heterocycles. The standard InChI is InChI=1S/C23H23N3O3/c1-4-26(18-8-5-7-16(2)15-18)23(28)21-10-6-9-20(25-21)22(27)24-17-11-13-19(29-3)14-12-17/h5-15H,4H2,1-3H3,(H,24,27). The first-order valence-corrected chi connectivity index (χ1v) is 9.33. The fourth-order valence-electron chi connectivity index (χ4n) is 2.93. The average Bonchev–Trinajstić information content (AvgIpc) is 2.75. The third-order valence-corrected chi connectivity index (χ3v) is 4.42. The Kier molecular flexibility index (Phi) is 6.24. The van der Waals surface area contributed by atoms with Crippen molar-refractivity contribution in [3.05, 3.63) is 83.7 Å². The summed E-state index contributed by atoms with van der Waals surface area (Å²) >= 11 is 0. The summed E-state index contributed by atoms with van der Waals surface area (Å²) < 4.78 is 5.11. The molecule has 0 saturated carbocycles. The van der Waals surface area contributed by atoms with Crippen LogP contribution in [-0.2, 0) is 0 Å². The number of rotatable bonds is 6. The topological polar surface area (TPSA) is 71.5 Å². The van der Waals surface area contributed by atoms with Crippen molar-refractivity contribution >= 4 is 23.2 Å². The third-order valence-electron chi connectivity index (χ3n) is 4.42. The lowest BCUT2D eigenvalue weighted by Gasteiger charge is -2.21. The summed E-state index contributed by atoms with van der Waals surface area (Å²) in [6, 6.07) is 19.6. The van der Waals surface area contributed by atoms with Gasteiger partial charge in [-0.2, -0.15) is 0 Å². The molecule has 3 aromatic rings. The molecule has 0 bridgehead atoms. The van der Waals surface area contributed by atoms with Gasteiger partial charge in [0.1, 0.15) is 17.1 Å². The second-order valence-corrected chi connectivity index (χ2v) is 6.48. The summed E-state index contributed by atoms with van der Waals surface area (Å²) in [5.41, 5.74) is 2.87. The summed E-state index contributed by atoms with van der Waals surface area (Å²) in [7, 11) is 1.58. The third kappa shape index (κ3) is 4.79. The number of aryl methyl sites for hydroxylation is 1. The van der Waals surface area contributed by atoms with Gasteiger partial charge in [0, 0.05) is 17.9 Å². The normalized spacial score (nSPS) is 10.3. The average molecular weight is 389 g/mol. The molecule has 1 heterocycles. The van der Waals surface area contributed by atoms with E-state index in [0.717, 1.165) is 11.3 Å². The molecular weight excluding hydrogens is 366 g/mol. The molecule has 29 heavy (non-hydrogen) atoms. The van der Waals surface area contributed by atoms with Gasteiger partial charge in [-0.25, -0.2) is 4.98 Å². The Labute approximate surface area is 170 Å². The number of anilines is 2. The van der Waals surface area contributed by atoms with Gasteiger partial charge in [-0.3, -0.25) is 9.59 Å². The molecular formula is C23H23N3O3. The number of ether oxygens (including phenoxy) is 1. The monoisotopic (exact) mass is 389 g/mol. The Morgan fingerprint density at radius 1 is 1.00 bits per heavy atom. The second-order valence-electron chi connectivity index (χ2n) is 6.48. The number of pyridine rings is 1. The van der Waals surface area contributed by atoms with Crippen LogP contribution in [0.5, 0.6) is 5.75 Å². The predicted molar refractivity (Wildman–Crippen MR) is 114 cm³/mol. The van der Waals surface area contributed by atoms with Crippen molar-refractivity contribution in [1.29, 1.82) is 0 Å². The Balaban J connectivity index is 1.80. The number of benzene rings is 2. The van der Waals surface area contributed by atoms with Gasteiger partial charge in [0.15, 0.2) is 0 Å². The lowest BCUT2D eigenvalue weighted by molar-refractivity contribution is 0.0983. The molecule has 2 aromatic carbocycles. The van der Waals surface area contributed by atoms with E-state index in [1.807, 2.05) is 38.1 Å². The number of hydrogen-bond acceptors (Lipinski definition) is 4. The molecule has 0 aliphatic heterocycles. The van der Waals surface area contributed by atoms with Gasteiger partial charge in [-0.1, -0.05) is 18.2 Å². The minimum absolute atomic E-state index is 0.173. The molecule has 0 saturated heterocycles. The minimum atomic E-state index is -0.386. The second kappa shape index (κ2) is 9.01. The van der Waals surface area contributed by atoms with E-state index < -0.39 is 0 Å². The maximum absolute atomic E-state index is 13.0. The molecule has 148 valence electrons. The van der Waals surface area contributed by atoms with Crippen LogP contribution in [0.1, 0.15) is 33.5 Å². The van der Waals surface area contributed by atoms with Crippen molar-refractivity contribution in [3.8, 4) is 5.75 Å². The molecule has 0 spiro atoms. The highest BCUT2D eigenvalue weighted by molar-refractivity contribution is 6.07. The van der Waals surface area contributed by atoms with E-state index in [-0.39, 0.29) is 23.2 Å². The van der Waals surface area contributed by atoms with Crippen molar-refractivity contribution in [2.75, 3.05) is 23.9 Å². The Morgan fingerprint density at radius 3 is 2.34 bits per heavy atom. The van der Waals surface area contributed by atoms with E-state index in [4.69, 9.17) is 4.74 Å². The number of nitrogens with one attached hydrogen (secondary N) is 1. The van der Waals surface area contributed by atoms with Crippen LogP contribution in [0.3, 0.4) is 0 Å². The van der Waals surface area contributed by atoms with Gasteiger partial charge in [0.05, 0.1) is 7.11 Å². The largest absolute Gasteiger partial charge is 0.497 e. The van der Waals surface area contributed by atoms with Crippen LogP contribution < -0.4 is 15.0 Å². The molecule has 0 radical (unpaired) electrons. The van der Waals surface area contributed by atoms with Crippen LogP contribution in [0.25, 0.3) is 0 Å². The highest BCUT2D eigenvalue weighted by atomic mass is 16.5. The van der Waals surface area contributed by atoms with Gasteiger partial charge >= 0.3 is 0 Å². The molecule has 1 N–H and O–H groups in total. The van der Waals surface area contributed by atoms with Crippen LogP contribution in [0.4, 0.5) is 11.4 Å². The molecule has 2 amide bonds. The molecule has 6 heteroatoms. The predicted octanol–water partition coefficient (Wildman–Crippen LogP) is 4.32. The lowest BCUT2D eigenvalue weighted by atomic mass is 10.2. The SMILES string of the molecule is CCN(C(=O)c1cccc(C(=O)Nc2ccc(OC)cc2)n1)c1cccc(C)c1. The fourth-order valence-corrected chi connectivity index (χ4v) is 2.93. The molecule has 3 rings (SSSR count). The number of amides is 2. The first kappa shape index (κ1) is 20.1. The Hall–Kier alpha value is -3.67. The van der Waals surface area contributed by atoms with Crippen molar-refractivity contribution in [2.24, 2.45) is 0 Å². The number of methoxy groups -OCH3 is 1. The molecule has 0 aliphatic carbocycles. The van der Waals surface area contributed by atoms with Crippen molar-refractivity contribution < 1.29 is 14.3 Å². The lowest BCUT2D eigenvalue weighted by Crippen LogP contribution is -2.31. The summed E-state index contributed by atoms with van der Waals surface area (Å²) in [6.07, 6.45) is 0. The zero-order valence-corrected chi connectivity index (χ0v) is 16.7. The summed E-state index contributed by atoms with van der Waals surface area (Å²) in [6.45, 7) is 4.37. The van der Waals surface area contributed by atoms with E-state index in [1.165, 1.54) is 0 Å². The van der Waals surface area contributed by atoms with E-state index in [2.05, 4.69) is 10.3 Å². The first-order valence-electron chi connectivity index (χ1n) is 9.33. The number of carbonyl (C=O) groups excluding carboxylic acids is 2. The first-order chi connectivity index (χ1) is 14.0. The van der Waals surface area contributed by atoms with Gasteiger partial charge in [-0.05, 0) is 67.9 Å². The minimum Gasteiger partial charge on any atom is -0.497 e. The molecule has 0 atom stereocenters. The summed E-state index contributed by atoms with van der Waals surface area (Å²) in [5, 5.41) is 2.78. The highest BCUT2D eigenvalue weighted by Crippen LogP contribution is 2.19. The Bertz CT molecular complexity index is 1020. The van der Waals surface area contributed by atoms with Crippen LogP contribution in [0, 0.1) is 6.92 Å². The molecule has 0 fully saturated rings.